The SMILES string of the molecule is CC(C)CCSc1ncnc(N)c1Cl. The van der Waals surface area contributed by atoms with Crippen LogP contribution >= 0.6 is 23.4 Å². The smallest absolute Gasteiger partial charge is 0.146 e. The van der Waals surface area contributed by atoms with E-state index in [1.807, 2.05) is 0 Å². The van der Waals surface area contributed by atoms with Gasteiger partial charge in [-0.3, -0.25) is 0 Å². The second-order valence-electron chi connectivity index (χ2n) is 3.41. The average molecular weight is 232 g/mol. The van der Waals surface area contributed by atoms with Gasteiger partial charge in [0.05, 0.1) is 0 Å². The van der Waals surface area contributed by atoms with Gasteiger partial charge in [0.25, 0.3) is 0 Å². The Labute approximate surface area is 93.5 Å². The van der Waals surface area contributed by atoms with Crippen molar-refractivity contribution in [3.8, 4) is 0 Å². The van der Waals surface area contributed by atoms with Crippen LogP contribution in [0.4, 0.5) is 5.82 Å². The van der Waals surface area contributed by atoms with Gasteiger partial charge in [-0.2, -0.15) is 0 Å². The molecule has 78 valence electrons. The molecule has 1 aromatic rings. The summed E-state index contributed by atoms with van der Waals surface area (Å²) in [6.07, 6.45) is 2.59. The number of halogens is 1. The van der Waals surface area contributed by atoms with Crippen molar-refractivity contribution < 1.29 is 0 Å². The Balaban J connectivity index is 2.54. The summed E-state index contributed by atoms with van der Waals surface area (Å²) in [5.74, 6) is 2.06. The second kappa shape index (κ2) is 5.41. The van der Waals surface area contributed by atoms with E-state index in [2.05, 4.69) is 23.8 Å². The van der Waals surface area contributed by atoms with Crippen LogP contribution in [0.5, 0.6) is 0 Å². The van der Waals surface area contributed by atoms with Crippen LogP contribution in [-0.4, -0.2) is 15.7 Å². The number of hydrogen-bond donors (Lipinski definition) is 1. The van der Waals surface area contributed by atoms with E-state index < -0.39 is 0 Å². The van der Waals surface area contributed by atoms with Crippen LogP contribution in [0.2, 0.25) is 5.02 Å². The first-order valence-electron chi connectivity index (χ1n) is 4.50. The zero-order chi connectivity index (χ0) is 10.6. The van der Waals surface area contributed by atoms with E-state index >= 15 is 0 Å². The maximum absolute atomic E-state index is 5.94. The molecule has 3 nitrogen and oxygen atoms in total. The van der Waals surface area contributed by atoms with Gasteiger partial charge in [-0.25, -0.2) is 9.97 Å². The second-order valence-corrected chi connectivity index (χ2v) is 4.87. The lowest BCUT2D eigenvalue weighted by Gasteiger charge is -2.05. The van der Waals surface area contributed by atoms with Crippen LogP contribution in [0, 0.1) is 5.92 Å². The van der Waals surface area contributed by atoms with E-state index in [1.165, 1.54) is 6.33 Å². The number of aromatic nitrogens is 2. The molecule has 0 aliphatic rings. The molecule has 0 radical (unpaired) electrons. The third-order valence-electron chi connectivity index (χ3n) is 1.72. The summed E-state index contributed by atoms with van der Waals surface area (Å²) in [6.45, 7) is 4.38. The first-order chi connectivity index (χ1) is 6.61. The van der Waals surface area contributed by atoms with Crippen molar-refractivity contribution in [2.45, 2.75) is 25.3 Å². The minimum Gasteiger partial charge on any atom is -0.382 e. The number of thioether (sulfide) groups is 1. The first kappa shape index (κ1) is 11.6. The fraction of sp³-hybridized carbons (Fsp3) is 0.556. The van der Waals surface area contributed by atoms with Crippen molar-refractivity contribution in [2.24, 2.45) is 5.92 Å². The molecular formula is C9H14ClN3S. The van der Waals surface area contributed by atoms with Gasteiger partial charge in [0.1, 0.15) is 22.2 Å². The maximum atomic E-state index is 5.94. The van der Waals surface area contributed by atoms with Crippen LogP contribution in [0.1, 0.15) is 20.3 Å². The van der Waals surface area contributed by atoms with Gasteiger partial charge in [0, 0.05) is 0 Å². The molecule has 1 heterocycles. The predicted molar refractivity (Wildman–Crippen MR) is 61.6 cm³/mol. The minimum absolute atomic E-state index is 0.355. The van der Waals surface area contributed by atoms with Gasteiger partial charge >= 0.3 is 0 Å². The molecule has 0 atom stereocenters. The predicted octanol–water partition coefficient (Wildman–Crippen LogP) is 2.85. The third kappa shape index (κ3) is 3.35. The quantitative estimate of drug-likeness (QED) is 0.640. The molecule has 1 rings (SSSR count). The standard InChI is InChI=1S/C9H14ClN3S/c1-6(2)3-4-14-9-7(10)8(11)12-5-13-9/h5-6H,3-4H2,1-2H3,(H2,11,12,13). The monoisotopic (exact) mass is 231 g/mol. The van der Waals surface area contributed by atoms with Gasteiger partial charge in [0.15, 0.2) is 0 Å². The Morgan fingerprint density at radius 3 is 2.86 bits per heavy atom. The van der Waals surface area contributed by atoms with Gasteiger partial charge in [-0.1, -0.05) is 25.4 Å². The Morgan fingerprint density at radius 2 is 2.21 bits per heavy atom. The minimum atomic E-state index is 0.355. The van der Waals surface area contributed by atoms with Gasteiger partial charge in [-0.15, -0.1) is 11.8 Å². The van der Waals surface area contributed by atoms with E-state index in [9.17, 15) is 0 Å². The van der Waals surface area contributed by atoms with Crippen molar-refractivity contribution in [3.05, 3.63) is 11.3 Å². The Bertz CT molecular complexity index is 304. The topological polar surface area (TPSA) is 51.8 Å². The van der Waals surface area contributed by atoms with E-state index in [-0.39, 0.29) is 0 Å². The molecule has 5 heteroatoms. The number of nitrogens with two attached hydrogens (primary N) is 1. The lowest BCUT2D eigenvalue weighted by Crippen LogP contribution is -1.96. The molecule has 0 unspecified atom stereocenters. The molecule has 0 fully saturated rings. The normalized spacial score (nSPS) is 10.9. The molecule has 0 aliphatic heterocycles. The third-order valence-corrected chi connectivity index (χ3v) is 3.23. The number of anilines is 1. The van der Waals surface area contributed by atoms with E-state index in [1.54, 1.807) is 11.8 Å². The highest BCUT2D eigenvalue weighted by atomic mass is 35.5. The molecule has 2 N–H and O–H groups in total. The van der Waals surface area contributed by atoms with Crippen LogP contribution < -0.4 is 5.73 Å². The van der Waals surface area contributed by atoms with Gasteiger partial charge in [0.2, 0.25) is 0 Å². The van der Waals surface area contributed by atoms with Crippen molar-refractivity contribution in [3.63, 3.8) is 0 Å². The Morgan fingerprint density at radius 1 is 1.50 bits per heavy atom. The molecule has 0 saturated heterocycles. The zero-order valence-corrected chi connectivity index (χ0v) is 9.90. The Hall–Kier alpha value is -0.480. The number of nitrogens with zero attached hydrogens (tertiary/aromatic N) is 2. The van der Waals surface area contributed by atoms with E-state index in [0.717, 1.165) is 17.2 Å². The highest BCUT2D eigenvalue weighted by Gasteiger charge is 2.06. The van der Waals surface area contributed by atoms with Crippen LogP contribution in [0.25, 0.3) is 0 Å². The molecule has 0 bridgehead atoms. The molecule has 0 aliphatic carbocycles. The first-order valence-corrected chi connectivity index (χ1v) is 5.86. The van der Waals surface area contributed by atoms with Crippen molar-refractivity contribution in [1.29, 1.82) is 0 Å². The number of hydrogen-bond acceptors (Lipinski definition) is 4. The van der Waals surface area contributed by atoms with Crippen molar-refractivity contribution in [1.82, 2.24) is 9.97 Å². The molecule has 0 amide bonds. The highest BCUT2D eigenvalue weighted by molar-refractivity contribution is 7.99. The summed E-state index contributed by atoms with van der Waals surface area (Å²) in [4.78, 5) is 7.88. The Kier molecular flexibility index (Phi) is 4.48. The summed E-state index contributed by atoms with van der Waals surface area (Å²) >= 11 is 7.56. The highest BCUT2D eigenvalue weighted by Crippen LogP contribution is 2.28. The largest absolute Gasteiger partial charge is 0.382 e. The molecule has 0 aromatic carbocycles. The van der Waals surface area contributed by atoms with Gasteiger partial charge in [-0.05, 0) is 18.1 Å². The van der Waals surface area contributed by atoms with Gasteiger partial charge < -0.3 is 5.73 Å². The average Bonchev–Trinajstić information content (AvgIpc) is 2.12. The summed E-state index contributed by atoms with van der Waals surface area (Å²) in [6, 6.07) is 0. The maximum Gasteiger partial charge on any atom is 0.146 e. The summed E-state index contributed by atoms with van der Waals surface area (Å²) in [5, 5.41) is 1.25. The molecule has 0 spiro atoms. The van der Waals surface area contributed by atoms with Crippen molar-refractivity contribution in [2.75, 3.05) is 11.5 Å². The van der Waals surface area contributed by atoms with Crippen LogP contribution in [-0.2, 0) is 0 Å². The molecule has 14 heavy (non-hydrogen) atoms. The fourth-order valence-electron chi connectivity index (χ4n) is 0.858. The van der Waals surface area contributed by atoms with Crippen LogP contribution in [0.3, 0.4) is 0 Å². The summed E-state index contributed by atoms with van der Waals surface area (Å²) in [7, 11) is 0. The van der Waals surface area contributed by atoms with E-state index in [0.29, 0.717) is 16.8 Å². The molecular weight excluding hydrogens is 218 g/mol. The molecule has 1 aromatic heterocycles. The lowest BCUT2D eigenvalue weighted by atomic mass is 10.2. The molecule has 0 saturated carbocycles. The summed E-state index contributed by atoms with van der Waals surface area (Å²) in [5.41, 5.74) is 5.56. The summed E-state index contributed by atoms with van der Waals surface area (Å²) < 4.78 is 0. The fourth-order valence-corrected chi connectivity index (χ4v) is 2.26. The van der Waals surface area contributed by atoms with Crippen LogP contribution in [0.15, 0.2) is 11.4 Å². The number of rotatable bonds is 4. The number of nitrogen functional groups attached to an aromatic ring is 1. The van der Waals surface area contributed by atoms with Crippen molar-refractivity contribution >= 4 is 29.2 Å². The van der Waals surface area contributed by atoms with E-state index in [4.69, 9.17) is 17.3 Å². The zero-order valence-electron chi connectivity index (χ0n) is 8.33. The lowest BCUT2D eigenvalue weighted by molar-refractivity contribution is 0.632.